The lowest BCUT2D eigenvalue weighted by Crippen LogP contribution is -2.21. The highest BCUT2D eigenvalue weighted by molar-refractivity contribution is 5.66. The molecule has 0 spiro atoms. The minimum atomic E-state index is -0.762. The van der Waals surface area contributed by atoms with Crippen molar-refractivity contribution in [3.8, 4) is 5.69 Å². The summed E-state index contributed by atoms with van der Waals surface area (Å²) in [6, 6.07) is 10.2. The number of carbonyl (C=O) groups is 1. The van der Waals surface area contributed by atoms with Crippen molar-refractivity contribution in [3.05, 3.63) is 47.3 Å². The first-order valence-corrected chi connectivity index (χ1v) is 6.98. The summed E-state index contributed by atoms with van der Waals surface area (Å²) in [5, 5.41) is 13.1. The van der Waals surface area contributed by atoms with Crippen LogP contribution in [0.1, 0.15) is 23.4 Å². The van der Waals surface area contributed by atoms with E-state index < -0.39 is 5.97 Å². The fourth-order valence-corrected chi connectivity index (χ4v) is 2.31. The van der Waals surface area contributed by atoms with Crippen LogP contribution in [0.15, 0.2) is 30.3 Å². The summed E-state index contributed by atoms with van der Waals surface area (Å²) in [4.78, 5) is 12.6. The van der Waals surface area contributed by atoms with E-state index >= 15 is 0 Å². The van der Waals surface area contributed by atoms with Crippen molar-refractivity contribution in [1.29, 1.82) is 0 Å². The topological polar surface area (TPSA) is 58.4 Å². The Balaban J connectivity index is 2.02. The molecule has 5 nitrogen and oxygen atoms in total. The maximum Gasteiger partial charge on any atom is 0.304 e. The van der Waals surface area contributed by atoms with Gasteiger partial charge in [-0.05, 0) is 44.7 Å². The van der Waals surface area contributed by atoms with Crippen molar-refractivity contribution < 1.29 is 9.90 Å². The maximum atomic E-state index is 10.6. The Morgan fingerprint density at radius 3 is 2.48 bits per heavy atom. The number of aliphatic carboxylic acids is 1. The molecule has 2 aromatic rings. The van der Waals surface area contributed by atoms with Gasteiger partial charge in [0, 0.05) is 18.8 Å². The molecule has 1 N–H and O–H groups in total. The Labute approximate surface area is 124 Å². The molecule has 0 radical (unpaired) electrons. The van der Waals surface area contributed by atoms with Crippen molar-refractivity contribution in [2.24, 2.45) is 0 Å². The third-order valence-corrected chi connectivity index (χ3v) is 3.35. The predicted molar refractivity (Wildman–Crippen MR) is 81.6 cm³/mol. The number of aryl methyl sites for hydroxylation is 2. The summed E-state index contributed by atoms with van der Waals surface area (Å²) in [5.41, 5.74) is 4.31. The van der Waals surface area contributed by atoms with Crippen molar-refractivity contribution in [3.63, 3.8) is 0 Å². The van der Waals surface area contributed by atoms with Crippen LogP contribution in [0.5, 0.6) is 0 Å². The molecule has 1 heterocycles. The van der Waals surface area contributed by atoms with Crippen LogP contribution in [0.2, 0.25) is 0 Å². The molecule has 0 unspecified atom stereocenters. The van der Waals surface area contributed by atoms with E-state index in [9.17, 15) is 4.79 Å². The number of nitrogens with zero attached hydrogens (tertiary/aromatic N) is 3. The molecule has 1 aromatic carbocycles. The van der Waals surface area contributed by atoms with Gasteiger partial charge in [-0.3, -0.25) is 4.79 Å². The lowest BCUT2D eigenvalue weighted by atomic mass is 10.2. The highest BCUT2D eigenvalue weighted by Crippen LogP contribution is 2.14. The second kappa shape index (κ2) is 6.54. The molecular formula is C16H21N3O2. The molecule has 5 heteroatoms. The number of benzene rings is 1. The van der Waals surface area contributed by atoms with Gasteiger partial charge in [0.05, 0.1) is 17.8 Å². The summed E-state index contributed by atoms with van der Waals surface area (Å²) < 4.78 is 1.92. The Morgan fingerprint density at radius 2 is 1.95 bits per heavy atom. The molecule has 0 aliphatic rings. The van der Waals surface area contributed by atoms with Gasteiger partial charge in [-0.15, -0.1) is 0 Å². The van der Waals surface area contributed by atoms with E-state index in [1.54, 1.807) is 0 Å². The van der Waals surface area contributed by atoms with Crippen LogP contribution in [0, 0.1) is 13.8 Å². The zero-order valence-corrected chi connectivity index (χ0v) is 12.7. The molecule has 0 bridgehead atoms. The minimum Gasteiger partial charge on any atom is -0.481 e. The second-order valence-electron chi connectivity index (χ2n) is 5.39. The highest BCUT2D eigenvalue weighted by atomic mass is 16.4. The Hall–Kier alpha value is -2.14. The summed E-state index contributed by atoms with van der Waals surface area (Å²) in [7, 11) is 1.93. The number of hydrogen-bond acceptors (Lipinski definition) is 3. The molecule has 0 amide bonds. The van der Waals surface area contributed by atoms with E-state index in [0.717, 1.165) is 29.2 Å². The van der Waals surface area contributed by atoms with Crippen molar-refractivity contribution >= 4 is 5.97 Å². The maximum absolute atomic E-state index is 10.6. The van der Waals surface area contributed by atoms with Gasteiger partial charge in [0.1, 0.15) is 0 Å². The van der Waals surface area contributed by atoms with Gasteiger partial charge in [0.2, 0.25) is 0 Å². The monoisotopic (exact) mass is 287 g/mol. The third kappa shape index (κ3) is 4.16. The fourth-order valence-electron chi connectivity index (χ4n) is 2.31. The number of rotatable bonds is 6. The zero-order chi connectivity index (χ0) is 15.4. The van der Waals surface area contributed by atoms with Gasteiger partial charge in [0.15, 0.2) is 0 Å². The van der Waals surface area contributed by atoms with E-state index in [2.05, 4.69) is 17.2 Å². The van der Waals surface area contributed by atoms with Gasteiger partial charge in [-0.25, -0.2) is 4.68 Å². The Bertz CT molecular complexity index is 617. The van der Waals surface area contributed by atoms with Crippen LogP contribution < -0.4 is 0 Å². The summed E-state index contributed by atoms with van der Waals surface area (Å²) >= 11 is 0. The summed E-state index contributed by atoms with van der Waals surface area (Å²) in [6.07, 6.45) is 0.167. The molecule has 21 heavy (non-hydrogen) atoms. The number of hydrogen-bond donors (Lipinski definition) is 1. The Morgan fingerprint density at radius 1 is 1.29 bits per heavy atom. The molecule has 0 atom stereocenters. The van der Waals surface area contributed by atoms with Gasteiger partial charge in [-0.2, -0.15) is 5.10 Å². The first-order valence-electron chi connectivity index (χ1n) is 6.98. The van der Waals surface area contributed by atoms with E-state index in [-0.39, 0.29) is 6.42 Å². The van der Waals surface area contributed by atoms with Crippen LogP contribution >= 0.6 is 0 Å². The minimum absolute atomic E-state index is 0.167. The number of aromatic nitrogens is 2. The van der Waals surface area contributed by atoms with E-state index in [1.807, 2.05) is 48.7 Å². The molecule has 2 rings (SSSR count). The number of carboxylic acids is 1. The molecule has 112 valence electrons. The average Bonchev–Trinajstić information content (AvgIpc) is 2.76. The smallest absolute Gasteiger partial charge is 0.304 e. The van der Waals surface area contributed by atoms with Crippen LogP contribution in [-0.4, -0.2) is 39.3 Å². The highest BCUT2D eigenvalue weighted by Gasteiger charge is 2.06. The largest absolute Gasteiger partial charge is 0.481 e. The van der Waals surface area contributed by atoms with Gasteiger partial charge in [0.25, 0.3) is 0 Å². The molecule has 0 aliphatic heterocycles. The normalized spacial score (nSPS) is 11.0. The van der Waals surface area contributed by atoms with Crippen LogP contribution in [-0.2, 0) is 11.3 Å². The van der Waals surface area contributed by atoms with Gasteiger partial charge < -0.3 is 10.0 Å². The van der Waals surface area contributed by atoms with Crippen LogP contribution in [0.3, 0.4) is 0 Å². The number of carboxylic acid groups (broad SMARTS) is 1. The molecule has 0 fully saturated rings. The SMILES string of the molecule is Cc1cc(C)n(-c2ccc(CN(C)CCC(=O)O)cc2)n1. The van der Waals surface area contributed by atoms with E-state index in [1.165, 1.54) is 0 Å². The standard InChI is InChI=1S/C16H21N3O2/c1-12-10-13(2)19(17-12)15-6-4-14(5-7-15)11-18(3)9-8-16(20)21/h4-7,10H,8-9,11H2,1-3H3,(H,20,21). The van der Waals surface area contributed by atoms with Crippen molar-refractivity contribution in [2.45, 2.75) is 26.8 Å². The quantitative estimate of drug-likeness (QED) is 0.886. The van der Waals surface area contributed by atoms with Gasteiger partial charge >= 0.3 is 5.97 Å². The lowest BCUT2D eigenvalue weighted by molar-refractivity contribution is -0.137. The molecule has 0 saturated carbocycles. The van der Waals surface area contributed by atoms with Crippen LogP contribution in [0.25, 0.3) is 5.69 Å². The lowest BCUT2D eigenvalue weighted by Gasteiger charge is -2.15. The average molecular weight is 287 g/mol. The molecular weight excluding hydrogens is 266 g/mol. The first-order chi connectivity index (χ1) is 9.95. The van der Waals surface area contributed by atoms with E-state index in [0.29, 0.717) is 6.54 Å². The zero-order valence-electron chi connectivity index (χ0n) is 12.7. The Kier molecular flexibility index (Phi) is 4.75. The van der Waals surface area contributed by atoms with Gasteiger partial charge in [-0.1, -0.05) is 12.1 Å². The van der Waals surface area contributed by atoms with Crippen molar-refractivity contribution in [1.82, 2.24) is 14.7 Å². The predicted octanol–water partition coefficient (Wildman–Crippen LogP) is 2.40. The molecule has 0 saturated heterocycles. The first kappa shape index (κ1) is 15.3. The third-order valence-electron chi connectivity index (χ3n) is 3.35. The summed E-state index contributed by atoms with van der Waals surface area (Å²) in [6.45, 7) is 5.31. The summed E-state index contributed by atoms with van der Waals surface area (Å²) in [5.74, 6) is -0.762. The van der Waals surface area contributed by atoms with E-state index in [4.69, 9.17) is 5.11 Å². The second-order valence-corrected chi connectivity index (χ2v) is 5.39. The van der Waals surface area contributed by atoms with Crippen molar-refractivity contribution in [2.75, 3.05) is 13.6 Å². The van der Waals surface area contributed by atoms with Crippen LogP contribution in [0.4, 0.5) is 0 Å². The molecule has 1 aromatic heterocycles. The fraction of sp³-hybridized carbons (Fsp3) is 0.375. The molecule has 0 aliphatic carbocycles.